The highest BCUT2D eigenvalue weighted by Gasteiger charge is 2.31. The fourth-order valence-corrected chi connectivity index (χ4v) is 0.886. The lowest BCUT2D eigenvalue weighted by atomic mass is 10.3. The first kappa shape index (κ1) is 13.5. The highest BCUT2D eigenvalue weighted by molar-refractivity contribution is 4.65. The van der Waals surface area contributed by atoms with E-state index in [-0.39, 0.29) is 6.54 Å². The van der Waals surface area contributed by atoms with E-state index in [9.17, 15) is 26.3 Å². The van der Waals surface area contributed by atoms with Gasteiger partial charge in [-0.2, -0.15) is 13.2 Å². The van der Waals surface area contributed by atoms with E-state index in [4.69, 9.17) is 0 Å². The Morgan fingerprint density at radius 1 is 1.14 bits per heavy atom. The van der Waals surface area contributed by atoms with Crippen molar-refractivity contribution >= 4 is 0 Å². The molecule has 0 aromatic carbocycles. The van der Waals surface area contributed by atoms with E-state index in [1.54, 1.807) is 0 Å². The van der Waals surface area contributed by atoms with Crippen molar-refractivity contribution in [1.82, 2.24) is 4.90 Å². The SMILES string of the molecule is CCN(CCC(F)(F)F)C(F)C(F)F. The zero-order chi connectivity index (χ0) is 11.4. The normalized spacial score (nSPS) is 15.2. The summed E-state index contributed by atoms with van der Waals surface area (Å²) in [7, 11) is 0. The summed E-state index contributed by atoms with van der Waals surface area (Å²) in [4.78, 5) is 0.457. The summed E-state index contributed by atoms with van der Waals surface area (Å²) in [5.74, 6) is 0. The zero-order valence-electron chi connectivity index (χ0n) is 7.49. The van der Waals surface area contributed by atoms with Crippen LogP contribution in [0.2, 0.25) is 0 Å². The largest absolute Gasteiger partial charge is 0.390 e. The summed E-state index contributed by atoms with van der Waals surface area (Å²) < 4.78 is 71.2. The molecule has 0 bridgehead atoms. The third-order valence-corrected chi connectivity index (χ3v) is 1.65. The van der Waals surface area contributed by atoms with E-state index >= 15 is 0 Å². The van der Waals surface area contributed by atoms with E-state index in [0.29, 0.717) is 4.90 Å². The van der Waals surface area contributed by atoms with Gasteiger partial charge in [-0.15, -0.1) is 0 Å². The molecule has 1 unspecified atom stereocenters. The lowest BCUT2D eigenvalue weighted by Gasteiger charge is -2.24. The maximum atomic E-state index is 12.6. The second-order valence-electron chi connectivity index (χ2n) is 2.70. The summed E-state index contributed by atoms with van der Waals surface area (Å²) >= 11 is 0. The van der Waals surface area contributed by atoms with Crippen molar-refractivity contribution in [3.05, 3.63) is 0 Å². The van der Waals surface area contributed by atoms with Crippen molar-refractivity contribution in [3.8, 4) is 0 Å². The monoisotopic (exact) mass is 223 g/mol. The molecule has 1 atom stereocenters. The molecule has 0 aliphatic heterocycles. The molecule has 0 fully saturated rings. The van der Waals surface area contributed by atoms with Crippen LogP contribution in [-0.4, -0.2) is 36.9 Å². The van der Waals surface area contributed by atoms with Crippen molar-refractivity contribution in [1.29, 1.82) is 0 Å². The third kappa shape index (κ3) is 5.31. The summed E-state index contributed by atoms with van der Waals surface area (Å²) in [5.41, 5.74) is 0. The Balaban J connectivity index is 4.03. The number of rotatable bonds is 5. The first-order chi connectivity index (χ1) is 6.28. The van der Waals surface area contributed by atoms with Gasteiger partial charge in [0.2, 0.25) is 6.30 Å². The van der Waals surface area contributed by atoms with E-state index in [1.807, 2.05) is 0 Å². The second kappa shape index (κ2) is 5.43. The van der Waals surface area contributed by atoms with Crippen LogP contribution in [0.25, 0.3) is 0 Å². The third-order valence-electron chi connectivity index (χ3n) is 1.65. The van der Waals surface area contributed by atoms with Crippen molar-refractivity contribution in [2.45, 2.75) is 32.2 Å². The molecule has 0 radical (unpaired) electrons. The highest BCUT2D eigenvalue weighted by atomic mass is 19.4. The minimum Gasteiger partial charge on any atom is -0.269 e. The van der Waals surface area contributed by atoms with Gasteiger partial charge in [-0.05, 0) is 6.54 Å². The Morgan fingerprint density at radius 3 is 1.93 bits per heavy atom. The predicted molar refractivity (Wildman–Crippen MR) is 38.8 cm³/mol. The molecule has 0 aromatic heterocycles. The maximum Gasteiger partial charge on any atom is 0.390 e. The van der Waals surface area contributed by atoms with Gasteiger partial charge in [0.15, 0.2) is 0 Å². The van der Waals surface area contributed by atoms with Crippen LogP contribution in [0.15, 0.2) is 0 Å². The molecule has 0 saturated heterocycles. The topological polar surface area (TPSA) is 3.24 Å². The Labute approximate surface area is 77.7 Å². The average Bonchev–Trinajstić information content (AvgIpc) is 2.02. The lowest BCUT2D eigenvalue weighted by Crippen LogP contribution is -2.39. The summed E-state index contributed by atoms with van der Waals surface area (Å²) in [6, 6.07) is 0. The van der Waals surface area contributed by atoms with Gasteiger partial charge in [-0.1, -0.05) is 6.92 Å². The lowest BCUT2D eigenvalue weighted by molar-refractivity contribution is -0.145. The molecule has 0 rings (SSSR count). The molecule has 0 spiro atoms. The molecular weight excluding hydrogens is 212 g/mol. The van der Waals surface area contributed by atoms with Crippen LogP contribution < -0.4 is 0 Å². The first-order valence-electron chi connectivity index (χ1n) is 4.01. The Kier molecular flexibility index (Phi) is 5.25. The minimum absolute atomic E-state index is 0.179. The van der Waals surface area contributed by atoms with Crippen LogP contribution in [0.1, 0.15) is 13.3 Å². The molecule has 0 amide bonds. The van der Waals surface area contributed by atoms with Gasteiger partial charge in [0.25, 0.3) is 6.43 Å². The summed E-state index contributed by atoms with van der Waals surface area (Å²) in [6.45, 7) is 0.401. The molecule has 0 aromatic rings. The van der Waals surface area contributed by atoms with Gasteiger partial charge >= 0.3 is 6.18 Å². The van der Waals surface area contributed by atoms with Gasteiger partial charge in [-0.25, -0.2) is 13.2 Å². The fourth-order valence-electron chi connectivity index (χ4n) is 0.886. The molecule has 0 N–H and O–H groups in total. The number of alkyl halides is 6. The Hall–Kier alpha value is -0.460. The van der Waals surface area contributed by atoms with Gasteiger partial charge < -0.3 is 0 Å². The van der Waals surface area contributed by atoms with E-state index < -0.39 is 31.9 Å². The molecular formula is C7H11F6N. The van der Waals surface area contributed by atoms with E-state index in [0.717, 1.165) is 0 Å². The molecule has 7 heteroatoms. The molecule has 0 saturated carbocycles. The van der Waals surface area contributed by atoms with Crippen molar-refractivity contribution in [2.75, 3.05) is 13.1 Å². The molecule has 14 heavy (non-hydrogen) atoms. The predicted octanol–water partition coefficient (Wildman–Crippen LogP) is 2.82. The minimum atomic E-state index is -4.45. The van der Waals surface area contributed by atoms with Crippen molar-refractivity contribution < 1.29 is 26.3 Å². The number of nitrogens with zero attached hydrogens (tertiary/aromatic N) is 1. The first-order valence-corrected chi connectivity index (χ1v) is 4.01. The van der Waals surface area contributed by atoms with Crippen LogP contribution in [0.4, 0.5) is 26.3 Å². The average molecular weight is 223 g/mol. The smallest absolute Gasteiger partial charge is 0.269 e. The van der Waals surface area contributed by atoms with Crippen LogP contribution >= 0.6 is 0 Å². The number of hydrogen-bond acceptors (Lipinski definition) is 1. The molecule has 0 heterocycles. The molecule has 0 aliphatic carbocycles. The number of halogens is 6. The summed E-state index contributed by atoms with van der Waals surface area (Å²) in [5, 5.41) is 0. The highest BCUT2D eigenvalue weighted by Crippen LogP contribution is 2.21. The Bertz CT molecular complexity index is 157. The van der Waals surface area contributed by atoms with E-state index in [1.165, 1.54) is 6.92 Å². The van der Waals surface area contributed by atoms with Gasteiger partial charge in [0.1, 0.15) is 0 Å². The standard InChI is InChI=1S/C7H11F6N/c1-2-14(6(10)5(8)9)4-3-7(11,12)13/h5-6H,2-4H2,1H3. The molecule has 86 valence electrons. The van der Waals surface area contributed by atoms with Crippen LogP contribution in [-0.2, 0) is 0 Å². The summed E-state index contributed by atoms with van der Waals surface area (Å²) in [6.07, 6.45) is -11.6. The number of hydrogen-bond donors (Lipinski definition) is 0. The van der Waals surface area contributed by atoms with Crippen LogP contribution in [0, 0.1) is 0 Å². The van der Waals surface area contributed by atoms with Crippen LogP contribution in [0.3, 0.4) is 0 Å². The zero-order valence-corrected chi connectivity index (χ0v) is 7.49. The quantitative estimate of drug-likeness (QED) is 0.511. The van der Waals surface area contributed by atoms with Crippen molar-refractivity contribution in [2.24, 2.45) is 0 Å². The van der Waals surface area contributed by atoms with Gasteiger partial charge in [-0.3, -0.25) is 4.90 Å². The Morgan fingerprint density at radius 2 is 1.64 bits per heavy atom. The van der Waals surface area contributed by atoms with Crippen molar-refractivity contribution in [3.63, 3.8) is 0 Å². The molecule has 0 aliphatic rings. The maximum absolute atomic E-state index is 12.6. The fraction of sp³-hybridized carbons (Fsp3) is 1.00. The molecule has 1 nitrogen and oxygen atoms in total. The van der Waals surface area contributed by atoms with E-state index in [2.05, 4.69) is 0 Å². The second-order valence-corrected chi connectivity index (χ2v) is 2.70. The van der Waals surface area contributed by atoms with Gasteiger partial charge in [0, 0.05) is 6.54 Å². The van der Waals surface area contributed by atoms with Gasteiger partial charge in [0.05, 0.1) is 6.42 Å². The van der Waals surface area contributed by atoms with Crippen LogP contribution in [0.5, 0.6) is 0 Å².